The van der Waals surface area contributed by atoms with Crippen molar-refractivity contribution in [1.82, 2.24) is 0 Å². The molecule has 1 N–H and O–H groups in total. The lowest BCUT2D eigenvalue weighted by atomic mass is 10.1. The lowest BCUT2D eigenvalue weighted by Gasteiger charge is -2.11. The van der Waals surface area contributed by atoms with E-state index in [2.05, 4.69) is 10.1 Å². The van der Waals surface area contributed by atoms with Crippen LogP contribution in [-0.4, -0.2) is 12.3 Å². The van der Waals surface area contributed by atoms with E-state index < -0.39 is 6.36 Å². The number of hydrogen-bond donors (Lipinski definition) is 1. The Kier molecular flexibility index (Phi) is 4.70. The van der Waals surface area contributed by atoms with Gasteiger partial charge in [0.15, 0.2) is 0 Å². The average Bonchev–Trinajstić information content (AvgIpc) is 2.40. The van der Waals surface area contributed by atoms with Crippen LogP contribution >= 0.6 is 0 Å². The fourth-order valence-electron chi connectivity index (χ4n) is 1.96. The van der Waals surface area contributed by atoms with Crippen molar-refractivity contribution in [3.05, 3.63) is 59.7 Å². The molecule has 22 heavy (non-hydrogen) atoms. The molecule has 0 fully saturated rings. The van der Waals surface area contributed by atoms with Gasteiger partial charge in [0.2, 0.25) is 5.91 Å². The van der Waals surface area contributed by atoms with Gasteiger partial charge in [-0.2, -0.15) is 0 Å². The van der Waals surface area contributed by atoms with Gasteiger partial charge in [0.25, 0.3) is 0 Å². The molecule has 3 nitrogen and oxygen atoms in total. The van der Waals surface area contributed by atoms with E-state index in [4.69, 9.17) is 0 Å². The summed E-state index contributed by atoms with van der Waals surface area (Å²) in [6.07, 6.45) is -4.61. The number of halogens is 3. The number of amides is 1. The van der Waals surface area contributed by atoms with Crippen LogP contribution in [-0.2, 0) is 11.2 Å². The summed E-state index contributed by atoms with van der Waals surface area (Å²) in [5, 5.41) is 2.56. The molecule has 0 aliphatic heterocycles. The Hall–Kier alpha value is -2.50. The maximum Gasteiger partial charge on any atom is 0.573 e. The molecular formula is C16H14F3NO2. The zero-order chi connectivity index (χ0) is 16.2. The molecule has 0 radical (unpaired) electrons. The first-order valence-corrected chi connectivity index (χ1v) is 6.54. The number of nitrogens with one attached hydrogen (secondary N) is 1. The van der Waals surface area contributed by atoms with Gasteiger partial charge in [-0.25, -0.2) is 0 Å². The molecule has 0 spiro atoms. The van der Waals surface area contributed by atoms with Gasteiger partial charge in [-0.1, -0.05) is 30.3 Å². The number of rotatable bonds is 4. The number of anilines is 1. The summed E-state index contributed by atoms with van der Waals surface area (Å²) in [6.45, 7) is 1.89. The van der Waals surface area contributed by atoms with Crippen LogP contribution in [0.15, 0.2) is 48.5 Å². The number of carbonyl (C=O) groups is 1. The molecule has 0 aliphatic carbocycles. The third-order valence-electron chi connectivity index (χ3n) is 2.96. The summed E-state index contributed by atoms with van der Waals surface area (Å²) in [4.78, 5) is 12.0. The van der Waals surface area contributed by atoms with Crippen molar-refractivity contribution in [2.75, 3.05) is 5.32 Å². The molecule has 0 saturated heterocycles. The largest absolute Gasteiger partial charge is 0.573 e. The van der Waals surface area contributed by atoms with E-state index in [0.29, 0.717) is 0 Å². The molecule has 0 atom stereocenters. The summed E-state index contributed by atoms with van der Waals surface area (Å²) in [6, 6.07) is 12.6. The summed E-state index contributed by atoms with van der Waals surface area (Å²) in [7, 11) is 0. The summed E-state index contributed by atoms with van der Waals surface area (Å²) < 4.78 is 40.3. The third kappa shape index (κ3) is 4.80. The maximum atomic E-state index is 12.2. The molecule has 2 rings (SSSR count). The number of benzene rings is 2. The van der Waals surface area contributed by atoms with E-state index in [9.17, 15) is 18.0 Å². The zero-order valence-electron chi connectivity index (χ0n) is 11.8. The highest BCUT2D eigenvalue weighted by Gasteiger charge is 2.31. The van der Waals surface area contributed by atoms with Gasteiger partial charge in [-0.15, -0.1) is 13.2 Å². The molecule has 0 heterocycles. The third-order valence-corrected chi connectivity index (χ3v) is 2.96. The van der Waals surface area contributed by atoms with Crippen LogP contribution in [0.5, 0.6) is 5.75 Å². The van der Waals surface area contributed by atoms with Crippen LogP contribution in [0.2, 0.25) is 0 Å². The van der Waals surface area contributed by atoms with E-state index in [-0.39, 0.29) is 23.8 Å². The van der Waals surface area contributed by atoms with Gasteiger partial charge in [-0.3, -0.25) is 4.79 Å². The van der Waals surface area contributed by atoms with Crippen LogP contribution in [0.4, 0.5) is 18.9 Å². The molecule has 1 amide bonds. The second-order valence-electron chi connectivity index (χ2n) is 4.73. The van der Waals surface area contributed by atoms with E-state index in [1.807, 2.05) is 31.2 Å². The molecule has 0 aromatic heterocycles. The predicted molar refractivity (Wildman–Crippen MR) is 76.6 cm³/mol. The summed E-state index contributed by atoms with van der Waals surface area (Å²) >= 11 is 0. The number of carbonyl (C=O) groups excluding carboxylic acids is 1. The van der Waals surface area contributed by atoms with Gasteiger partial charge in [0.05, 0.1) is 6.42 Å². The highest BCUT2D eigenvalue weighted by Crippen LogP contribution is 2.25. The Labute approximate surface area is 125 Å². The average molecular weight is 309 g/mol. The van der Waals surface area contributed by atoms with Crippen LogP contribution in [0, 0.1) is 6.92 Å². The Morgan fingerprint density at radius 2 is 1.86 bits per heavy atom. The Balaban J connectivity index is 2.03. The monoisotopic (exact) mass is 309 g/mol. The molecule has 2 aromatic rings. The fraction of sp³-hybridized carbons (Fsp3) is 0.188. The van der Waals surface area contributed by atoms with Crippen LogP contribution < -0.4 is 10.1 Å². The Morgan fingerprint density at radius 1 is 1.14 bits per heavy atom. The minimum atomic E-state index is -4.76. The quantitative estimate of drug-likeness (QED) is 0.924. The van der Waals surface area contributed by atoms with Gasteiger partial charge < -0.3 is 10.1 Å². The first kappa shape index (κ1) is 15.9. The first-order chi connectivity index (χ1) is 10.3. The van der Waals surface area contributed by atoms with Crippen molar-refractivity contribution in [3.63, 3.8) is 0 Å². The van der Waals surface area contributed by atoms with Crippen molar-refractivity contribution >= 4 is 11.6 Å². The standard InChI is InChI=1S/C16H14F3NO2/c1-11-5-2-3-6-12(11)9-15(21)20-13-7-4-8-14(10-13)22-16(17,18)19/h2-8,10H,9H2,1H3,(H,20,21). The minimum absolute atomic E-state index is 0.150. The van der Waals surface area contributed by atoms with E-state index in [1.165, 1.54) is 18.2 Å². The maximum absolute atomic E-state index is 12.2. The lowest BCUT2D eigenvalue weighted by Crippen LogP contribution is -2.18. The van der Waals surface area contributed by atoms with E-state index >= 15 is 0 Å². The first-order valence-electron chi connectivity index (χ1n) is 6.54. The Morgan fingerprint density at radius 3 is 2.55 bits per heavy atom. The SMILES string of the molecule is Cc1ccccc1CC(=O)Nc1cccc(OC(F)(F)F)c1. The number of aryl methyl sites for hydroxylation is 1. The molecule has 0 saturated carbocycles. The fourth-order valence-corrected chi connectivity index (χ4v) is 1.96. The lowest BCUT2D eigenvalue weighted by molar-refractivity contribution is -0.274. The highest BCUT2D eigenvalue weighted by molar-refractivity contribution is 5.92. The Bertz CT molecular complexity index is 668. The smallest absolute Gasteiger partial charge is 0.406 e. The van der Waals surface area contributed by atoms with E-state index in [0.717, 1.165) is 17.2 Å². The van der Waals surface area contributed by atoms with Gasteiger partial charge in [0.1, 0.15) is 5.75 Å². The molecule has 116 valence electrons. The van der Waals surface area contributed by atoms with Gasteiger partial charge >= 0.3 is 6.36 Å². The van der Waals surface area contributed by atoms with Crippen molar-refractivity contribution in [3.8, 4) is 5.75 Å². The van der Waals surface area contributed by atoms with Crippen molar-refractivity contribution < 1.29 is 22.7 Å². The number of hydrogen-bond acceptors (Lipinski definition) is 2. The number of alkyl halides is 3. The molecule has 0 unspecified atom stereocenters. The van der Waals surface area contributed by atoms with Crippen molar-refractivity contribution in [2.45, 2.75) is 19.7 Å². The predicted octanol–water partition coefficient (Wildman–Crippen LogP) is 4.07. The van der Waals surface area contributed by atoms with E-state index in [1.54, 1.807) is 0 Å². The molecule has 2 aromatic carbocycles. The summed E-state index contributed by atoms with van der Waals surface area (Å²) in [5.74, 6) is -0.681. The second kappa shape index (κ2) is 6.51. The van der Waals surface area contributed by atoms with Crippen molar-refractivity contribution in [2.24, 2.45) is 0 Å². The molecule has 0 bridgehead atoms. The van der Waals surface area contributed by atoms with Crippen LogP contribution in [0.25, 0.3) is 0 Å². The normalized spacial score (nSPS) is 11.1. The van der Waals surface area contributed by atoms with Crippen LogP contribution in [0.3, 0.4) is 0 Å². The zero-order valence-corrected chi connectivity index (χ0v) is 11.8. The van der Waals surface area contributed by atoms with Gasteiger partial charge in [0, 0.05) is 11.8 Å². The molecule has 6 heteroatoms. The minimum Gasteiger partial charge on any atom is -0.406 e. The molecular weight excluding hydrogens is 295 g/mol. The topological polar surface area (TPSA) is 38.3 Å². The highest BCUT2D eigenvalue weighted by atomic mass is 19.4. The molecule has 0 aliphatic rings. The summed E-state index contributed by atoms with van der Waals surface area (Å²) in [5.41, 5.74) is 2.09. The van der Waals surface area contributed by atoms with Crippen molar-refractivity contribution in [1.29, 1.82) is 0 Å². The van der Waals surface area contributed by atoms with Crippen LogP contribution in [0.1, 0.15) is 11.1 Å². The second-order valence-corrected chi connectivity index (χ2v) is 4.73. The van der Waals surface area contributed by atoms with Gasteiger partial charge in [-0.05, 0) is 30.2 Å². The number of ether oxygens (including phenoxy) is 1.